The highest BCUT2D eigenvalue weighted by atomic mass is 16.5. The zero-order valence-corrected chi connectivity index (χ0v) is 13.4. The smallest absolute Gasteiger partial charge is 0.200 e. The Labute approximate surface area is 135 Å². The van der Waals surface area contributed by atoms with E-state index in [1.54, 1.807) is 10.9 Å². The van der Waals surface area contributed by atoms with Gasteiger partial charge in [0.1, 0.15) is 5.69 Å². The second-order valence-corrected chi connectivity index (χ2v) is 6.03. The topological polar surface area (TPSA) is 89.2 Å². The van der Waals surface area contributed by atoms with Gasteiger partial charge in [-0.05, 0) is 36.4 Å². The van der Waals surface area contributed by atoms with Gasteiger partial charge in [0.15, 0.2) is 0 Å². The first-order valence-corrected chi connectivity index (χ1v) is 7.85. The van der Waals surface area contributed by atoms with Crippen molar-refractivity contribution in [1.82, 2.24) is 30.1 Å². The quantitative estimate of drug-likeness (QED) is 0.842. The zero-order valence-electron chi connectivity index (χ0n) is 13.4. The van der Waals surface area contributed by atoms with Gasteiger partial charge in [-0.15, -0.1) is 5.10 Å². The van der Waals surface area contributed by atoms with E-state index in [-0.39, 0.29) is 12.2 Å². The number of nitrogens with zero attached hydrogens (tertiary/aromatic N) is 6. The number of β-amino-alcohol motifs (C(OH)–C–C–N with tert-alkyl or cyclic N) is 1. The van der Waals surface area contributed by atoms with Crippen molar-refractivity contribution in [1.29, 1.82) is 0 Å². The Balaban J connectivity index is 1.63. The molecule has 8 nitrogen and oxygen atoms in total. The van der Waals surface area contributed by atoms with Gasteiger partial charge in [0.2, 0.25) is 5.82 Å². The number of rotatable bonds is 5. The van der Waals surface area contributed by atoms with Crippen LogP contribution in [0.25, 0.3) is 11.5 Å². The molecule has 0 unspecified atom stereocenters. The van der Waals surface area contributed by atoms with Crippen molar-refractivity contribution in [3.8, 4) is 11.5 Å². The number of aliphatic hydroxyl groups is 1. The third kappa shape index (κ3) is 4.10. The standard InChI is InChI=1S/C15H22N6O2/c1-11-7-20(8-12(2)23-11)9-13(22)10-21-15(17-18-19-21)14-5-3-4-6-16-14/h3-6,11-13,22H,7-10H2,1-2H3/t11-,12-,13-/m1/s1. The van der Waals surface area contributed by atoms with E-state index in [2.05, 4.69) is 39.3 Å². The van der Waals surface area contributed by atoms with E-state index < -0.39 is 6.10 Å². The summed E-state index contributed by atoms with van der Waals surface area (Å²) in [5.41, 5.74) is 0.693. The Bertz CT molecular complexity index is 609. The fourth-order valence-corrected chi connectivity index (χ4v) is 2.99. The third-order valence-electron chi connectivity index (χ3n) is 3.77. The summed E-state index contributed by atoms with van der Waals surface area (Å²) in [7, 11) is 0. The Morgan fingerprint density at radius 1 is 1.26 bits per heavy atom. The highest BCUT2D eigenvalue weighted by Crippen LogP contribution is 2.14. The van der Waals surface area contributed by atoms with Gasteiger partial charge in [-0.1, -0.05) is 6.07 Å². The number of tetrazole rings is 1. The van der Waals surface area contributed by atoms with Crippen molar-refractivity contribution in [3.05, 3.63) is 24.4 Å². The first kappa shape index (κ1) is 16.0. The number of hydrogen-bond acceptors (Lipinski definition) is 7. The van der Waals surface area contributed by atoms with Gasteiger partial charge in [0, 0.05) is 25.8 Å². The number of hydrogen-bond donors (Lipinski definition) is 1. The molecule has 0 aliphatic carbocycles. The monoisotopic (exact) mass is 318 g/mol. The molecule has 1 N–H and O–H groups in total. The SMILES string of the molecule is C[C@@H]1CN(C[C@@H](O)Cn2nnnc2-c2ccccn2)C[C@@H](C)O1. The molecule has 23 heavy (non-hydrogen) atoms. The molecule has 0 spiro atoms. The molecule has 8 heteroatoms. The summed E-state index contributed by atoms with van der Waals surface area (Å²) in [5, 5.41) is 22.1. The Morgan fingerprint density at radius 2 is 2.04 bits per heavy atom. The maximum Gasteiger partial charge on any atom is 0.200 e. The van der Waals surface area contributed by atoms with Crippen LogP contribution in [0.3, 0.4) is 0 Å². The summed E-state index contributed by atoms with van der Waals surface area (Å²) in [5.74, 6) is 0.563. The summed E-state index contributed by atoms with van der Waals surface area (Å²) >= 11 is 0. The Kier molecular flexibility index (Phi) is 4.94. The molecule has 3 atom stereocenters. The molecule has 1 fully saturated rings. The van der Waals surface area contributed by atoms with Crippen LogP contribution in [0, 0.1) is 0 Å². The number of aromatic nitrogens is 5. The molecule has 1 saturated heterocycles. The molecule has 0 saturated carbocycles. The van der Waals surface area contributed by atoms with Gasteiger partial charge in [0.25, 0.3) is 0 Å². The van der Waals surface area contributed by atoms with Crippen molar-refractivity contribution in [2.24, 2.45) is 0 Å². The van der Waals surface area contributed by atoms with Crippen LogP contribution in [0.15, 0.2) is 24.4 Å². The molecule has 0 amide bonds. The zero-order chi connectivity index (χ0) is 16.2. The number of ether oxygens (including phenoxy) is 1. The molecule has 1 aliphatic heterocycles. The summed E-state index contributed by atoms with van der Waals surface area (Å²) in [4.78, 5) is 6.47. The molecule has 124 valence electrons. The predicted octanol–water partition coefficient (Wildman–Crippen LogP) is 0.205. The lowest BCUT2D eigenvalue weighted by molar-refractivity contribution is -0.0774. The molecule has 0 radical (unpaired) electrons. The highest BCUT2D eigenvalue weighted by molar-refractivity contribution is 5.47. The van der Waals surface area contributed by atoms with Crippen LogP contribution in [0.5, 0.6) is 0 Å². The van der Waals surface area contributed by atoms with Crippen molar-refractivity contribution in [2.75, 3.05) is 19.6 Å². The number of aliphatic hydroxyl groups excluding tert-OH is 1. The fourth-order valence-electron chi connectivity index (χ4n) is 2.99. The van der Waals surface area contributed by atoms with Gasteiger partial charge < -0.3 is 9.84 Å². The predicted molar refractivity (Wildman–Crippen MR) is 83.5 cm³/mol. The number of morpholine rings is 1. The minimum atomic E-state index is -0.557. The lowest BCUT2D eigenvalue weighted by Gasteiger charge is -2.36. The third-order valence-corrected chi connectivity index (χ3v) is 3.77. The second kappa shape index (κ2) is 7.12. The maximum absolute atomic E-state index is 10.4. The van der Waals surface area contributed by atoms with E-state index in [0.717, 1.165) is 13.1 Å². The van der Waals surface area contributed by atoms with E-state index in [1.807, 2.05) is 18.2 Å². The fraction of sp³-hybridized carbons (Fsp3) is 0.600. The molecule has 3 rings (SSSR count). The van der Waals surface area contributed by atoms with Gasteiger partial charge in [-0.2, -0.15) is 0 Å². The largest absolute Gasteiger partial charge is 0.390 e. The minimum absolute atomic E-state index is 0.183. The van der Waals surface area contributed by atoms with Crippen molar-refractivity contribution in [3.63, 3.8) is 0 Å². The van der Waals surface area contributed by atoms with Crippen LogP contribution >= 0.6 is 0 Å². The molecule has 3 heterocycles. The summed E-state index contributed by atoms with van der Waals surface area (Å²) in [6, 6.07) is 5.57. The summed E-state index contributed by atoms with van der Waals surface area (Å²) in [6.45, 7) is 6.65. The minimum Gasteiger partial charge on any atom is -0.390 e. The first-order chi connectivity index (χ1) is 11.1. The van der Waals surface area contributed by atoms with Crippen LogP contribution in [-0.2, 0) is 11.3 Å². The van der Waals surface area contributed by atoms with E-state index >= 15 is 0 Å². The number of pyridine rings is 1. The lowest BCUT2D eigenvalue weighted by atomic mass is 10.2. The lowest BCUT2D eigenvalue weighted by Crippen LogP contribution is -2.48. The van der Waals surface area contributed by atoms with E-state index in [0.29, 0.717) is 24.6 Å². The van der Waals surface area contributed by atoms with Gasteiger partial charge in [-0.25, -0.2) is 4.68 Å². The van der Waals surface area contributed by atoms with Gasteiger partial charge in [0.05, 0.1) is 24.9 Å². The van der Waals surface area contributed by atoms with Crippen molar-refractivity contribution < 1.29 is 9.84 Å². The summed E-state index contributed by atoms with van der Waals surface area (Å²) in [6.07, 6.45) is 1.51. The van der Waals surface area contributed by atoms with E-state index in [9.17, 15) is 5.11 Å². The highest BCUT2D eigenvalue weighted by Gasteiger charge is 2.24. The van der Waals surface area contributed by atoms with Crippen LogP contribution in [0.4, 0.5) is 0 Å². The Morgan fingerprint density at radius 3 is 2.74 bits per heavy atom. The molecular formula is C15H22N6O2. The molecule has 2 aromatic rings. The van der Waals surface area contributed by atoms with Crippen molar-refractivity contribution in [2.45, 2.75) is 38.7 Å². The van der Waals surface area contributed by atoms with E-state index in [4.69, 9.17) is 4.74 Å². The molecule has 1 aliphatic rings. The van der Waals surface area contributed by atoms with E-state index in [1.165, 1.54) is 0 Å². The average Bonchev–Trinajstić information content (AvgIpc) is 2.95. The van der Waals surface area contributed by atoms with Crippen molar-refractivity contribution >= 4 is 0 Å². The van der Waals surface area contributed by atoms with Gasteiger partial charge >= 0.3 is 0 Å². The maximum atomic E-state index is 10.4. The average molecular weight is 318 g/mol. The molecule has 0 aromatic carbocycles. The van der Waals surface area contributed by atoms with Crippen LogP contribution in [0.2, 0.25) is 0 Å². The van der Waals surface area contributed by atoms with Crippen LogP contribution in [0.1, 0.15) is 13.8 Å². The molecule has 2 aromatic heterocycles. The Hall–Kier alpha value is -1.90. The van der Waals surface area contributed by atoms with Crippen LogP contribution < -0.4 is 0 Å². The second-order valence-electron chi connectivity index (χ2n) is 6.03. The first-order valence-electron chi connectivity index (χ1n) is 7.85. The molecule has 0 bridgehead atoms. The normalized spacial score (nSPS) is 23.8. The molecular weight excluding hydrogens is 296 g/mol. The van der Waals surface area contributed by atoms with Gasteiger partial charge in [-0.3, -0.25) is 9.88 Å². The van der Waals surface area contributed by atoms with Crippen LogP contribution in [-0.4, -0.2) is 73.1 Å². The summed E-state index contributed by atoms with van der Waals surface area (Å²) < 4.78 is 7.31.